The second-order valence-electron chi connectivity index (χ2n) is 7.39. The van der Waals surface area contributed by atoms with Crippen molar-refractivity contribution in [2.75, 3.05) is 20.1 Å². The molecule has 0 atom stereocenters. The van der Waals surface area contributed by atoms with Crippen molar-refractivity contribution in [3.05, 3.63) is 47.2 Å². The maximum absolute atomic E-state index is 13.3. The smallest absolute Gasteiger partial charge is 0.274 e. The summed E-state index contributed by atoms with van der Waals surface area (Å²) in [7, 11) is 2.03. The number of aromatic nitrogens is 4. The third kappa shape index (κ3) is 4.23. The van der Waals surface area contributed by atoms with Gasteiger partial charge < -0.3 is 4.90 Å². The van der Waals surface area contributed by atoms with Crippen molar-refractivity contribution < 1.29 is 4.79 Å². The summed E-state index contributed by atoms with van der Waals surface area (Å²) in [4.78, 5) is 31.5. The molecule has 0 spiro atoms. The molecule has 0 radical (unpaired) electrons. The first kappa shape index (κ1) is 19.0. The molecule has 0 aromatic carbocycles. The number of thiazole rings is 1. The number of likely N-dealkylation sites (tertiary alicyclic amines) is 1. The van der Waals surface area contributed by atoms with E-state index >= 15 is 0 Å². The summed E-state index contributed by atoms with van der Waals surface area (Å²) < 4.78 is 2.05. The number of hydrogen-bond donors (Lipinski definition) is 0. The van der Waals surface area contributed by atoms with E-state index in [-0.39, 0.29) is 5.91 Å². The summed E-state index contributed by atoms with van der Waals surface area (Å²) in [6.07, 6.45) is 13.0. The quantitative estimate of drug-likeness (QED) is 0.660. The average Bonchev–Trinajstić information content (AvgIpc) is 3.24. The fraction of sp³-hybridized carbons (Fsp3) is 0.500. The summed E-state index contributed by atoms with van der Waals surface area (Å²) in [5.41, 5.74) is 2.46. The molecule has 8 heteroatoms. The molecule has 1 saturated heterocycles. The van der Waals surface area contributed by atoms with Gasteiger partial charge in [-0.3, -0.25) is 24.1 Å². The maximum Gasteiger partial charge on any atom is 0.274 e. The molecule has 1 aliphatic heterocycles. The van der Waals surface area contributed by atoms with Gasteiger partial charge in [0.2, 0.25) is 0 Å². The van der Waals surface area contributed by atoms with Crippen LogP contribution in [0.25, 0.3) is 4.96 Å². The largest absolute Gasteiger partial charge is 0.337 e. The van der Waals surface area contributed by atoms with E-state index in [9.17, 15) is 4.79 Å². The van der Waals surface area contributed by atoms with Crippen LogP contribution < -0.4 is 0 Å². The number of imidazole rings is 1. The molecule has 28 heavy (non-hydrogen) atoms. The molecule has 0 bridgehead atoms. The van der Waals surface area contributed by atoms with E-state index < -0.39 is 0 Å². The van der Waals surface area contributed by atoms with Crippen LogP contribution in [0.2, 0.25) is 0 Å². The van der Waals surface area contributed by atoms with Crippen molar-refractivity contribution in [1.82, 2.24) is 29.2 Å². The van der Waals surface area contributed by atoms with Crippen LogP contribution in [0.15, 0.2) is 30.2 Å². The van der Waals surface area contributed by atoms with Crippen molar-refractivity contribution in [2.45, 2.75) is 45.2 Å². The Hall–Kier alpha value is -2.32. The molecule has 7 nitrogen and oxygen atoms in total. The number of fused-ring (bicyclic) bond motifs is 1. The molecule has 0 saturated carbocycles. The highest BCUT2D eigenvalue weighted by Gasteiger charge is 2.25. The van der Waals surface area contributed by atoms with Gasteiger partial charge in [0.15, 0.2) is 10.7 Å². The molecule has 1 fully saturated rings. The Morgan fingerprint density at radius 2 is 1.93 bits per heavy atom. The van der Waals surface area contributed by atoms with Gasteiger partial charge in [0.25, 0.3) is 5.91 Å². The van der Waals surface area contributed by atoms with Crippen LogP contribution in [0.1, 0.15) is 54.0 Å². The Balaban J connectivity index is 1.56. The molecule has 1 aliphatic rings. The van der Waals surface area contributed by atoms with Gasteiger partial charge in [0.05, 0.1) is 11.4 Å². The zero-order valence-corrected chi connectivity index (χ0v) is 17.1. The predicted molar refractivity (Wildman–Crippen MR) is 109 cm³/mol. The van der Waals surface area contributed by atoms with Gasteiger partial charge in [0, 0.05) is 56.3 Å². The molecule has 0 unspecified atom stereocenters. The predicted octanol–water partition coefficient (Wildman–Crippen LogP) is 3.22. The minimum absolute atomic E-state index is 0.0701. The van der Waals surface area contributed by atoms with E-state index in [0.29, 0.717) is 18.8 Å². The second-order valence-corrected chi connectivity index (χ2v) is 8.26. The van der Waals surface area contributed by atoms with Crippen LogP contribution in [0.4, 0.5) is 0 Å². The topological polar surface area (TPSA) is 66.6 Å². The third-order valence-electron chi connectivity index (χ3n) is 5.18. The van der Waals surface area contributed by atoms with Gasteiger partial charge in [-0.15, -0.1) is 11.3 Å². The highest BCUT2D eigenvalue weighted by molar-refractivity contribution is 7.15. The molecule has 148 valence electrons. The lowest BCUT2D eigenvalue weighted by atomic mass is 10.1. The monoisotopic (exact) mass is 398 g/mol. The van der Waals surface area contributed by atoms with Crippen molar-refractivity contribution >= 4 is 22.2 Å². The second kappa shape index (κ2) is 8.79. The van der Waals surface area contributed by atoms with Crippen molar-refractivity contribution in [3.63, 3.8) is 0 Å². The van der Waals surface area contributed by atoms with Crippen LogP contribution in [-0.4, -0.2) is 55.2 Å². The fourth-order valence-electron chi connectivity index (χ4n) is 3.75. The van der Waals surface area contributed by atoms with Crippen LogP contribution >= 0.6 is 11.3 Å². The molecule has 4 heterocycles. The summed E-state index contributed by atoms with van der Waals surface area (Å²) in [5, 5.41) is 2.01. The summed E-state index contributed by atoms with van der Waals surface area (Å²) >= 11 is 1.57. The zero-order valence-electron chi connectivity index (χ0n) is 16.3. The molecule has 0 aliphatic carbocycles. The highest BCUT2D eigenvalue weighted by atomic mass is 32.1. The Morgan fingerprint density at radius 3 is 2.68 bits per heavy atom. The third-order valence-corrected chi connectivity index (χ3v) is 5.93. The summed E-state index contributed by atoms with van der Waals surface area (Å²) in [5.74, 6) is 0.0701. The molecule has 4 rings (SSSR count). The zero-order chi connectivity index (χ0) is 19.3. The number of carbonyl (C=O) groups excluding carboxylic acids is 1. The Kier molecular flexibility index (Phi) is 5.97. The normalized spacial score (nSPS) is 15.7. The fourth-order valence-corrected chi connectivity index (χ4v) is 4.49. The Morgan fingerprint density at radius 1 is 1.14 bits per heavy atom. The number of amides is 1. The van der Waals surface area contributed by atoms with Crippen LogP contribution in [0, 0.1) is 0 Å². The van der Waals surface area contributed by atoms with Crippen molar-refractivity contribution in [1.29, 1.82) is 0 Å². The van der Waals surface area contributed by atoms with E-state index in [1.807, 2.05) is 23.5 Å². The van der Waals surface area contributed by atoms with E-state index in [0.717, 1.165) is 42.3 Å². The number of nitrogens with zero attached hydrogens (tertiary/aromatic N) is 6. The maximum atomic E-state index is 13.3. The van der Waals surface area contributed by atoms with E-state index in [4.69, 9.17) is 4.98 Å². The van der Waals surface area contributed by atoms with Crippen LogP contribution in [0.3, 0.4) is 0 Å². The van der Waals surface area contributed by atoms with Gasteiger partial charge in [0.1, 0.15) is 0 Å². The Labute approximate surface area is 169 Å². The minimum atomic E-state index is 0.0701. The molecule has 3 aromatic rings. The lowest BCUT2D eigenvalue weighted by Gasteiger charge is -2.25. The number of rotatable bonds is 5. The Bertz CT molecular complexity index is 913. The standard InChI is InChI=1S/C20H26N6OS/c1-24(14-16-13-21-7-8-22-16)15-17-18(23-20-26(17)11-12-28-20)19(27)25-9-5-3-2-4-6-10-25/h7-8,11-13H,2-6,9-10,14-15H2,1H3. The summed E-state index contributed by atoms with van der Waals surface area (Å²) in [6.45, 7) is 2.96. The highest BCUT2D eigenvalue weighted by Crippen LogP contribution is 2.22. The van der Waals surface area contributed by atoms with Gasteiger partial charge in [-0.2, -0.15) is 0 Å². The van der Waals surface area contributed by atoms with Gasteiger partial charge >= 0.3 is 0 Å². The van der Waals surface area contributed by atoms with E-state index in [1.165, 1.54) is 19.3 Å². The minimum Gasteiger partial charge on any atom is -0.337 e. The molecular formula is C20H26N6OS. The SMILES string of the molecule is CN(Cc1cnccn1)Cc1c(C(=O)N2CCCCCCC2)nc2sccn12. The lowest BCUT2D eigenvalue weighted by Crippen LogP contribution is -2.35. The van der Waals surface area contributed by atoms with Gasteiger partial charge in [-0.25, -0.2) is 4.98 Å². The number of hydrogen-bond acceptors (Lipinski definition) is 6. The van der Waals surface area contributed by atoms with E-state index in [1.54, 1.807) is 29.9 Å². The van der Waals surface area contributed by atoms with Crippen molar-refractivity contribution in [2.24, 2.45) is 0 Å². The van der Waals surface area contributed by atoms with Crippen LogP contribution in [0.5, 0.6) is 0 Å². The first-order valence-electron chi connectivity index (χ1n) is 9.89. The average molecular weight is 399 g/mol. The van der Waals surface area contributed by atoms with Gasteiger partial charge in [-0.05, 0) is 19.9 Å². The molecule has 0 N–H and O–H groups in total. The van der Waals surface area contributed by atoms with Crippen LogP contribution in [-0.2, 0) is 13.1 Å². The molecule has 1 amide bonds. The van der Waals surface area contributed by atoms with Gasteiger partial charge in [-0.1, -0.05) is 19.3 Å². The van der Waals surface area contributed by atoms with E-state index in [2.05, 4.69) is 19.3 Å². The molecular weight excluding hydrogens is 372 g/mol. The molecule has 3 aromatic heterocycles. The first-order valence-corrected chi connectivity index (χ1v) is 10.8. The summed E-state index contributed by atoms with van der Waals surface area (Å²) in [6, 6.07) is 0. The number of carbonyl (C=O) groups is 1. The first-order chi connectivity index (χ1) is 13.7. The van der Waals surface area contributed by atoms with Crippen molar-refractivity contribution in [3.8, 4) is 0 Å². The lowest BCUT2D eigenvalue weighted by molar-refractivity contribution is 0.0735.